The third-order valence-electron chi connectivity index (χ3n) is 6.71. The van der Waals surface area contributed by atoms with Gasteiger partial charge in [-0.1, -0.05) is 13.8 Å². The fourth-order valence-electron chi connectivity index (χ4n) is 5.56. The van der Waals surface area contributed by atoms with Gasteiger partial charge in [-0.05, 0) is 43.9 Å². The quantitative estimate of drug-likeness (QED) is 0.739. The molecule has 2 aliphatic carbocycles. The molecule has 5 nitrogen and oxygen atoms in total. The van der Waals surface area contributed by atoms with Crippen LogP contribution in [0.4, 0.5) is 0 Å². The van der Waals surface area contributed by atoms with Gasteiger partial charge in [-0.25, -0.2) is 0 Å². The third-order valence-corrected chi connectivity index (χ3v) is 6.71. The topological polar surface area (TPSA) is 63.0 Å². The predicted octanol–water partition coefficient (Wildman–Crippen LogP) is 3.63. The van der Waals surface area contributed by atoms with E-state index < -0.39 is 0 Å². The van der Waals surface area contributed by atoms with Gasteiger partial charge in [0, 0.05) is 35.3 Å². The lowest BCUT2D eigenvalue weighted by Gasteiger charge is -2.55. The number of dihydropyridines is 1. The van der Waals surface area contributed by atoms with E-state index >= 15 is 0 Å². The van der Waals surface area contributed by atoms with E-state index in [2.05, 4.69) is 29.4 Å². The van der Waals surface area contributed by atoms with Gasteiger partial charge in [-0.3, -0.25) is 4.79 Å². The van der Waals surface area contributed by atoms with Gasteiger partial charge >= 0.3 is 0 Å². The highest BCUT2D eigenvalue weighted by atomic mass is 16.5. The van der Waals surface area contributed by atoms with Gasteiger partial charge in [0.15, 0.2) is 11.6 Å². The summed E-state index contributed by atoms with van der Waals surface area (Å²) in [6, 6.07) is 0. The van der Waals surface area contributed by atoms with Gasteiger partial charge in [0.05, 0.1) is 12.1 Å². The standard InChI is InChI=1S/C19H25N3O2/c1-17(2)8-13-15(14(23)9-17)19(12-10-20-22-16(12)21-13)6-7-24-18(11-19)4-3-5-18/h21H,3-11H2,1-2H3/t19-/m1/s1. The number of ether oxygens (including phenoxy) is 1. The smallest absolute Gasteiger partial charge is 0.162 e. The van der Waals surface area contributed by atoms with Crippen molar-refractivity contribution in [3.8, 4) is 0 Å². The maximum absolute atomic E-state index is 13.2. The van der Waals surface area contributed by atoms with Crippen LogP contribution in [0.2, 0.25) is 0 Å². The fourth-order valence-corrected chi connectivity index (χ4v) is 5.56. The van der Waals surface area contributed by atoms with Gasteiger partial charge in [0.2, 0.25) is 0 Å². The van der Waals surface area contributed by atoms with Crippen LogP contribution < -0.4 is 5.32 Å². The molecule has 2 fully saturated rings. The summed E-state index contributed by atoms with van der Waals surface area (Å²) in [7, 11) is 0. The average Bonchev–Trinajstić information content (AvgIpc) is 2.93. The first-order valence-electron chi connectivity index (χ1n) is 9.22. The number of ketones is 1. The molecule has 0 unspecified atom stereocenters. The molecule has 1 saturated heterocycles. The minimum absolute atomic E-state index is 0.0112. The zero-order valence-electron chi connectivity index (χ0n) is 14.6. The zero-order chi connectivity index (χ0) is 16.6. The number of hydrogen-bond acceptors (Lipinski definition) is 5. The number of azo groups is 1. The largest absolute Gasteiger partial charge is 0.375 e. The Hall–Kier alpha value is -1.49. The lowest BCUT2D eigenvalue weighted by molar-refractivity contribution is -0.156. The Morgan fingerprint density at radius 3 is 2.75 bits per heavy atom. The number of hydrogen-bond donors (Lipinski definition) is 1. The van der Waals surface area contributed by atoms with Crippen molar-refractivity contribution in [2.75, 3.05) is 13.2 Å². The highest BCUT2D eigenvalue weighted by Crippen LogP contribution is 2.60. The number of fused-ring (bicyclic) bond motifs is 2. The average molecular weight is 327 g/mol. The SMILES string of the molecule is CC1(C)CC(=O)C2=C(C1)NC1=C(CN=N1)[C@]21CCOC2(CCC2)C1. The van der Waals surface area contributed by atoms with Gasteiger partial charge in [0.1, 0.15) is 0 Å². The van der Waals surface area contributed by atoms with Crippen molar-refractivity contribution in [2.24, 2.45) is 21.1 Å². The van der Waals surface area contributed by atoms with Crippen LogP contribution in [0.5, 0.6) is 0 Å². The minimum atomic E-state index is -0.189. The van der Waals surface area contributed by atoms with Crippen molar-refractivity contribution in [2.45, 2.75) is 64.4 Å². The molecule has 128 valence electrons. The van der Waals surface area contributed by atoms with Gasteiger partial charge in [-0.2, -0.15) is 5.11 Å². The molecule has 5 heteroatoms. The summed E-state index contributed by atoms with van der Waals surface area (Å²) in [5.74, 6) is 1.24. The molecule has 0 amide bonds. The fraction of sp³-hybridized carbons (Fsp3) is 0.737. The Labute approximate surface area is 142 Å². The van der Waals surface area contributed by atoms with Crippen molar-refractivity contribution in [1.29, 1.82) is 0 Å². The molecule has 3 aliphatic heterocycles. The Balaban J connectivity index is 1.66. The first-order chi connectivity index (χ1) is 11.4. The molecule has 5 aliphatic rings. The number of nitrogens with zero attached hydrogens (tertiary/aromatic N) is 2. The van der Waals surface area contributed by atoms with Crippen LogP contribution in [0.25, 0.3) is 0 Å². The highest BCUT2D eigenvalue weighted by Gasteiger charge is 2.57. The van der Waals surface area contributed by atoms with Gasteiger partial charge in [-0.15, -0.1) is 5.11 Å². The van der Waals surface area contributed by atoms with Crippen LogP contribution in [-0.2, 0) is 9.53 Å². The monoisotopic (exact) mass is 327 g/mol. The molecule has 2 spiro atoms. The third kappa shape index (κ3) is 1.88. The van der Waals surface area contributed by atoms with Crippen LogP contribution in [0.1, 0.15) is 58.8 Å². The van der Waals surface area contributed by atoms with Crippen LogP contribution in [0, 0.1) is 10.8 Å². The number of nitrogens with one attached hydrogen (secondary N) is 1. The normalized spacial score (nSPS) is 35.8. The summed E-state index contributed by atoms with van der Waals surface area (Å²) in [5, 5.41) is 12.1. The van der Waals surface area contributed by atoms with Crippen LogP contribution in [-0.4, -0.2) is 24.5 Å². The number of carbonyl (C=O) groups excluding carboxylic acids is 1. The first kappa shape index (κ1) is 14.8. The van der Waals surface area contributed by atoms with E-state index in [4.69, 9.17) is 4.74 Å². The molecule has 1 saturated carbocycles. The molecular weight excluding hydrogens is 302 g/mol. The van der Waals surface area contributed by atoms with E-state index in [0.717, 1.165) is 55.8 Å². The van der Waals surface area contributed by atoms with Crippen molar-refractivity contribution >= 4 is 5.78 Å². The van der Waals surface area contributed by atoms with Crippen molar-refractivity contribution in [3.05, 3.63) is 22.7 Å². The lowest BCUT2D eigenvalue weighted by Crippen LogP contribution is -2.54. The Morgan fingerprint density at radius 1 is 1.17 bits per heavy atom. The summed E-state index contributed by atoms with van der Waals surface area (Å²) < 4.78 is 6.20. The molecule has 0 radical (unpaired) electrons. The summed E-state index contributed by atoms with van der Waals surface area (Å²) in [6.07, 6.45) is 6.88. The molecule has 3 heterocycles. The molecule has 1 N–H and O–H groups in total. The Bertz CT molecular complexity index is 727. The van der Waals surface area contributed by atoms with E-state index in [1.54, 1.807) is 0 Å². The molecule has 0 aromatic rings. The Kier molecular flexibility index (Phi) is 2.82. The van der Waals surface area contributed by atoms with E-state index in [-0.39, 0.29) is 16.4 Å². The van der Waals surface area contributed by atoms with Gasteiger partial charge < -0.3 is 10.1 Å². The van der Waals surface area contributed by atoms with Gasteiger partial charge in [0.25, 0.3) is 0 Å². The van der Waals surface area contributed by atoms with Crippen molar-refractivity contribution in [1.82, 2.24) is 5.32 Å². The number of rotatable bonds is 0. The van der Waals surface area contributed by atoms with Crippen molar-refractivity contribution < 1.29 is 9.53 Å². The molecule has 0 aromatic heterocycles. The maximum Gasteiger partial charge on any atom is 0.162 e. The summed E-state index contributed by atoms with van der Waals surface area (Å²) in [5.41, 5.74) is 3.20. The second-order valence-electron chi connectivity index (χ2n) is 9.04. The molecule has 0 bridgehead atoms. The first-order valence-corrected chi connectivity index (χ1v) is 9.22. The lowest BCUT2D eigenvalue weighted by atomic mass is 9.55. The van der Waals surface area contributed by atoms with Crippen LogP contribution in [0.15, 0.2) is 32.9 Å². The summed E-state index contributed by atoms with van der Waals surface area (Å²) in [4.78, 5) is 13.2. The van der Waals surface area contributed by atoms with E-state index in [0.29, 0.717) is 18.7 Å². The van der Waals surface area contributed by atoms with E-state index in [1.165, 1.54) is 12.0 Å². The predicted molar refractivity (Wildman–Crippen MR) is 89.1 cm³/mol. The second-order valence-corrected chi connectivity index (χ2v) is 9.04. The van der Waals surface area contributed by atoms with Crippen LogP contribution in [0.3, 0.4) is 0 Å². The minimum Gasteiger partial charge on any atom is -0.375 e. The van der Waals surface area contributed by atoms with E-state index in [1.807, 2.05) is 0 Å². The highest BCUT2D eigenvalue weighted by molar-refractivity contribution is 6.00. The molecule has 5 rings (SSSR count). The van der Waals surface area contributed by atoms with E-state index in [9.17, 15) is 4.79 Å². The van der Waals surface area contributed by atoms with Crippen molar-refractivity contribution in [3.63, 3.8) is 0 Å². The zero-order valence-corrected chi connectivity index (χ0v) is 14.6. The summed E-state index contributed by atoms with van der Waals surface area (Å²) >= 11 is 0. The molecule has 1 atom stereocenters. The molecular formula is C19H25N3O2. The Morgan fingerprint density at radius 2 is 2.00 bits per heavy atom. The summed E-state index contributed by atoms with van der Waals surface area (Å²) in [6.45, 7) is 5.73. The number of Topliss-reactive ketones (excluding diaryl/α,β-unsaturated/α-hetero) is 1. The molecule has 24 heavy (non-hydrogen) atoms. The number of allylic oxidation sites excluding steroid dienone is 2. The molecule has 0 aromatic carbocycles. The number of carbonyl (C=O) groups is 1. The second kappa shape index (κ2) is 4.57. The maximum atomic E-state index is 13.2. The van der Waals surface area contributed by atoms with Crippen LogP contribution >= 0.6 is 0 Å².